The summed E-state index contributed by atoms with van der Waals surface area (Å²) in [6, 6.07) is 25.9. The molecule has 0 bridgehead atoms. The molecule has 0 aliphatic carbocycles. The molecule has 2 nitrogen and oxygen atoms in total. The fraction of sp³-hybridized carbons (Fsp3) is 0.280. The fourth-order valence-electron chi connectivity index (χ4n) is 3.36. The molecule has 140 valence electrons. The van der Waals surface area contributed by atoms with E-state index >= 15 is 0 Å². The van der Waals surface area contributed by atoms with Gasteiger partial charge in [-0.1, -0.05) is 86.1 Å². The van der Waals surface area contributed by atoms with Gasteiger partial charge in [-0.25, -0.2) is 0 Å². The summed E-state index contributed by atoms with van der Waals surface area (Å²) < 4.78 is 0. The molecule has 0 aliphatic rings. The monoisotopic (exact) mass is 360 g/mol. The number of aliphatic hydroxyl groups is 2. The first-order chi connectivity index (χ1) is 13.2. The van der Waals surface area contributed by atoms with E-state index in [9.17, 15) is 10.2 Å². The van der Waals surface area contributed by atoms with Gasteiger partial charge in [-0.2, -0.15) is 0 Å². The minimum Gasteiger partial charge on any atom is -0.396 e. The molecular formula is C25H28O2. The van der Waals surface area contributed by atoms with E-state index in [1.54, 1.807) is 0 Å². The quantitative estimate of drug-likeness (QED) is 0.585. The minimum absolute atomic E-state index is 0.0130. The normalized spacial score (nSPS) is 11.1. The van der Waals surface area contributed by atoms with Gasteiger partial charge >= 0.3 is 0 Å². The Balaban J connectivity index is 1.71. The van der Waals surface area contributed by atoms with Crippen LogP contribution in [0, 0.1) is 5.92 Å². The summed E-state index contributed by atoms with van der Waals surface area (Å²) >= 11 is 0. The summed E-state index contributed by atoms with van der Waals surface area (Å²) in [7, 11) is 0. The lowest BCUT2D eigenvalue weighted by Crippen LogP contribution is -2.13. The van der Waals surface area contributed by atoms with Crippen molar-refractivity contribution in [3.05, 3.63) is 83.9 Å². The Bertz CT molecular complexity index is 814. The number of aryl methyl sites for hydroxylation is 1. The molecule has 0 spiro atoms. The largest absolute Gasteiger partial charge is 0.396 e. The van der Waals surface area contributed by atoms with Crippen molar-refractivity contribution >= 4 is 0 Å². The van der Waals surface area contributed by atoms with Gasteiger partial charge in [0.15, 0.2) is 0 Å². The molecule has 0 heterocycles. The van der Waals surface area contributed by atoms with Gasteiger partial charge in [0.05, 0.1) is 0 Å². The van der Waals surface area contributed by atoms with E-state index in [1.165, 1.54) is 34.2 Å². The molecule has 2 heteroatoms. The Morgan fingerprint density at radius 2 is 0.963 bits per heavy atom. The smallest absolute Gasteiger partial charge is 0.0484 e. The highest BCUT2D eigenvalue weighted by atomic mass is 16.3. The van der Waals surface area contributed by atoms with Crippen molar-refractivity contribution in [3.63, 3.8) is 0 Å². The number of benzene rings is 3. The zero-order valence-corrected chi connectivity index (χ0v) is 15.9. The topological polar surface area (TPSA) is 40.5 Å². The Morgan fingerprint density at radius 1 is 0.593 bits per heavy atom. The van der Waals surface area contributed by atoms with E-state index in [2.05, 4.69) is 79.7 Å². The highest BCUT2D eigenvalue weighted by Gasteiger charge is 2.07. The molecule has 3 aromatic rings. The average molecular weight is 360 g/mol. The lowest BCUT2D eigenvalue weighted by atomic mass is 9.96. The van der Waals surface area contributed by atoms with Crippen molar-refractivity contribution in [2.45, 2.75) is 26.2 Å². The molecule has 0 aliphatic heterocycles. The molecule has 0 aromatic heterocycles. The molecule has 2 N–H and O–H groups in total. The van der Waals surface area contributed by atoms with E-state index < -0.39 is 0 Å². The van der Waals surface area contributed by atoms with Crippen molar-refractivity contribution in [1.82, 2.24) is 0 Å². The first-order valence-corrected chi connectivity index (χ1v) is 9.74. The molecule has 0 unspecified atom stereocenters. The predicted octanol–water partition coefficient (Wildman–Crippen LogP) is 5.12. The minimum atomic E-state index is -0.0844. The highest BCUT2D eigenvalue weighted by molar-refractivity contribution is 5.70. The van der Waals surface area contributed by atoms with Gasteiger partial charge in [0.25, 0.3) is 0 Å². The average Bonchev–Trinajstić information content (AvgIpc) is 2.73. The third-order valence-corrected chi connectivity index (χ3v) is 5.04. The Hall–Kier alpha value is -2.42. The van der Waals surface area contributed by atoms with Gasteiger partial charge in [-0.3, -0.25) is 0 Å². The maximum absolute atomic E-state index is 9.22. The summed E-state index contributed by atoms with van der Waals surface area (Å²) in [6.45, 7) is 2.23. The maximum atomic E-state index is 9.22. The molecule has 3 aromatic carbocycles. The third-order valence-electron chi connectivity index (χ3n) is 5.04. The van der Waals surface area contributed by atoms with Gasteiger partial charge < -0.3 is 10.2 Å². The lowest BCUT2D eigenvalue weighted by Gasteiger charge is -2.11. The first-order valence-electron chi connectivity index (χ1n) is 9.74. The Kier molecular flexibility index (Phi) is 6.80. The van der Waals surface area contributed by atoms with Crippen molar-refractivity contribution in [2.24, 2.45) is 5.92 Å². The summed E-state index contributed by atoms with van der Waals surface area (Å²) in [4.78, 5) is 0. The van der Waals surface area contributed by atoms with Crippen LogP contribution in [-0.4, -0.2) is 23.4 Å². The summed E-state index contributed by atoms with van der Waals surface area (Å²) in [5.41, 5.74) is 7.36. The van der Waals surface area contributed by atoms with Crippen LogP contribution < -0.4 is 0 Å². The maximum Gasteiger partial charge on any atom is 0.0484 e. The fourth-order valence-corrected chi connectivity index (χ4v) is 3.36. The van der Waals surface area contributed by atoms with Crippen LogP contribution in [-0.2, 0) is 12.8 Å². The number of aliphatic hydroxyl groups excluding tert-OH is 2. The zero-order chi connectivity index (χ0) is 19.1. The van der Waals surface area contributed by atoms with E-state index in [0.29, 0.717) is 6.42 Å². The van der Waals surface area contributed by atoms with Crippen LogP contribution in [0.3, 0.4) is 0 Å². The van der Waals surface area contributed by atoms with E-state index in [-0.39, 0.29) is 19.1 Å². The van der Waals surface area contributed by atoms with Crippen LogP contribution in [0.4, 0.5) is 0 Å². The van der Waals surface area contributed by atoms with Crippen molar-refractivity contribution in [1.29, 1.82) is 0 Å². The Morgan fingerprint density at radius 3 is 1.33 bits per heavy atom. The zero-order valence-electron chi connectivity index (χ0n) is 15.9. The van der Waals surface area contributed by atoms with Gasteiger partial charge in [-0.15, -0.1) is 0 Å². The predicted molar refractivity (Wildman–Crippen MR) is 113 cm³/mol. The van der Waals surface area contributed by atoms with Crippen LogP contribution in [0.15, 0.2) is 72.8 Å². The van der Waals surface area contributed by atoms with Crippen molar-refractivity contribution < 1.29 is 10.2 Å². The molecule has 3 rings (SSSR count). The second-order valence-corrected chi connectivity index (χ2v) is 7.16. The third kappa shape index (κ3) is 5.06. The molecular weight excluding hydrogens is 332 g/mol. The van der Waals surface area contributed by atoms with Gasteiger partial charge in [0.1, 0.15) is 0 Å². The van der Waals surface area contributed by atoms with Crippen LogP contribution in [0.25, 0.3) is 22.3 Å². The molecule has 27 heavy (non-hydrogen) atoms. The molecule has 0 amide bonds. The van der Waals surface area contributed by atoms with Crippen LogP contribution >= 0.6 is 0 Å². The number of rotatable bonds is 8. The van der Waals surface area contributed by atoms with Gasteiger partial charge in [0, 0.05) is 19.1 Å². The highest BCUT2D eigenvalue weighted by Crippen LogP contribution is 2.26. The molecule has 0 atom stereocenters. The van der Waals surface area contributed by atoms with Crippen LogP contribution in [0.2, 0.25) is 0 Å². The molecule has 0 saturated heterocycles. The molecule has 0 radical (unpaired) electrons. The van der Waals surface area contributed by atoms with Crippen molar-refractivity contribution in [3.8, 4) is 22.3 Å². The van der Waals surface area contributed by atoms with Crippen LogP contribution in [0.1, 0.15) is 24.5 Å². The number of hydrogen-bond acceptors (Lipinski definition) is 2. The first kappa shape index (κ1) is 19.3. The van der Waals surface area contributed by atoms with Gasteiger partial charge in [-0.05, 0) is 46.2 Å². The Labute approximate surface area is 162 Å². The standard InChI is InChI=1S/C25H28O2/c1-2-3-19-4-8-22(9-5-19)24-12-14-25(15-13-24)23-10-6-20(7-11-23)16-21(17-26)18-27/h4-15,21,26-27H,2-3,16-18H2,1H3. The SMILES string of the molecule is CCCc1ccc(-c2ccc(-c3ccc(CC(CO)CO)cc3)cc2)cc1. The summed E-state index contributed by atoms with van der Waals surface area (Å²) in [5, 5.41) is 18.4. The summed E-state index contributed by atoms with van der Waals surface area (Å²) in [6.07, 6.45) is 3.00. The number of hydrogen-bond donors (Lipinski definition) is 2. The van der Waals surface area contributed by atoms with E-state index in [1.807, 2.05) is 0 Å². The van der Waals surface area contributed by atoms with Crippen molar-refractivity contribution in [2.75, 3.05) is 13.2 Å². The molecule has 0 saturated carbocycles. The second-order valence-electron chi connectivity index (χ2n) is 7.16. The summed E-state index contributed by atoms with van der Waals surface area (Å²) in [5.74, 6) is -0.0844. The second kappa shape index (κ2) is 9.50. The molecule has 0 fully saturated rings. The van der Waals surface area contributed by atoms with E-state index in [0.717, 1.165) is 12.0 Å². The van der Waals surface area contributed by atoms with Crippen LogP contribution in [0.5, 0.6) is 0 Å². The van der Waals surface area contributed by atoms with Gasteiger partial charge in [0.2, 0.25) is 0 Å². The van der Waals surface area contributed by atoms with E-state index in [4.69, 9.17) is 0 Å². The lowest BCUT2D eigenvalue weighted by molar-refractivity contribution is 0.150.